The summed E-state index contributed by atoms with van der Waals surface area (Å²) in [5.74, 6) is -0.620. The third-order valence-electron chi connectivity index (χ3n) is 3.79. The van der Waals surface area contributed by atoms with Gasteiger partial charge in [0.05, 0.1) is 11.4 Å². The minimum absolute atomic E-state index is 0.130. The van der Waals surface area contributed by atoms with Crippen LogP contribution >= 0.6 is 23.1 Å². The van der Waals surface area contributed by atoms with Crippen molar-refractivity contribution in [1.29, 1.82) is 0 Å². The number of benzene rings is 2. The van der Waals surface area contributed by atoms with E-state index in [-0.39, 0.29) is 17.0 Å². The summed E-state index contributed by atoms with van der Waals surface area (Å²) >= 11 is 2.29. The van der Waals surface area contributed by atoms with Crippen molar-refractivity contribution in [3.63, 3.8) is 0 Å². The number of nitrogens with one attached hydrogen (secondary N) is 1. The molecule has 3 aromatic rings. The van der Waals surface area contributed by atoms with E-state index in [1.807, 2.05) is 6.07 Å². The van der Waals surface area contributed by atoms with Gasteiger partial charge in [-0.15, -0.1) is 11.3 Å². The highest BCUT2D eigenvalue weighted by molar-refractivity contribution is 8.13. The molecule has 2 amide bonds. The van der Waals surface area contributed by atoms with Gasteiger partial charge in [-0.05, 0) is 55.1 Å². The fraction of sp³-hybridized carbons (Fsp3) is 0.150. The highest BCUT2D eigenvalue weighted by atomic mass is 32.2. The number of nitrogens with zero attached hydrogens (tertiary/aromatic N) is 2. The number of carbonyl (C=O) groups is 2. The molecular formula is C20H18FN3O2S2. The molecule has 1 heterocycles. The van der Waals surface area contributed by atoms with Crippen molar-refractivity contribution >= 4 is 39.9 Å². The van der Waals surface area contributed by atoms with Gasteiger partial charge in [0.1, 0.15) is 15.7 Å². The zero-order valence-electron chi connectivity index (χ0n) is 15.5. The second kappa shape index (κ2) is 8.53. The Morgan fingerprint density at radius 3 is 2.46 bits per heavy atom. The molecule has 0 saturated heterocycles. The smallest absolute Gasteiger partial charge is 0.286 e. The maximum absolute atomic E-state index is 13.1. The first kappa shape index (κ1) is 20.0. The molecule has 28 heavy (non-hydrogen) atoms. The number of aromatic nitrogens is 1. The third-order valence-corrected chi connectivity index (χ3v) is 6.11. The Balaban J connectivity index is 1.83. The van der Waals surface area contributed by atoms with Gasteiger partial charge in [0, 0.05) is 24.6 Å². The summed E-state index contributed by atoms with van der Waals surface area (Å²) in [5.41, 5.74) is 1.90. The van der Waals surface area contributed by atoms with Crippen LogP contribution in [0.1, 0.15) is 15.4 Å². The number of thioether (sulfide) groups is 1. The third kappa shape index (κ3) is 4.58. The SMILES string of the molecule is Cc1nc(-c2ccc(F)cc2)sc1C(=O)Nc1ccccc1SC(=O)N(C)C. The van der Waals surface area contributed by atoms with E-state index in [2.05, 4.69) is 10.3 Å². The number of amides is 2. The quantitative estimate of drug-likeness (QED) is 0.589. The van der Waals surface area contributed by atoms with Gasteiger partial charge in [0.25, 0.3) is 11.1 Å². The number of hydrogen-bond donors (Lipinski definition) is 1. The molecule has 0 unspecified atom stereocenters. The van der Waals surface area contributed by atoms with E-state index in [9.17, 15) is 14.0 Å². The van der Waals surface area contributed by atoms with Gasteiger partial charge in [-0.1, -0.05) is 12.1 Å². The Kier molecular flexibility index (Phi) is 6.11. The number of carbonyl (C=O) groups excluding carboxylic acids is 2. The fourth-order valence-electron chi connectivity index (χ4n) is 2.35. The van der Waals surface area contributed by atoms with E-state index in [0.29, 0.717) is 26.2 Å². The largest absolute Gasteiger partial charge is 0.339 e. The van der Waals surface area contributed by atoms with Crippen molar-refractivity contribution in [2.24, 2.45) is 0 Å². The Morgan fingerprint density at radius 1 is 1.11 bits per heavy atom. The second-order valence-electron chi connectivity index (χ2n) is 6.15. The molecule has 8 heteroatoms. The van der Waals surface area contributed by atoms with Crippen molar-refractivity contribution in [3.8, 4) is 10.6 Å². The number of rotatable bonds is 4. The summed E-state index contributed by atoms with van der Waals surface area (Å²) < 4.78 is 13.1. The molecular weight excluding hydrogens is 397 g/mol. The molecule has 0 saturated carbocycles. The minimum atomic E-state index is -0.323. The predicted molar refractivity (Wildman–Crippen MR) is 112 cm³/mol. The maximum Gasteiger partial charge on any atom is 0.286 e. The molecule has 0 fully saturated rings. The van der Waals surface area contributed by atoms with Crippen LogP contribution in [0.15, 0.2) is 53.4 Å². The molecule has 0 aliphatic heterocycles. The van der Waals surface area contributed by atoms with Crippen LogP contribution < -0.4 is 5.32 Å². The minimum Gasteiger partial charge on any atom is -0.339 e. The topological polar surface area (TPSA) is 62.3 Å². The molecule has 0 aliphatic carbocycles. The maximum atomic E-state index is 13.1. The fourth-order valence-corrected chi connectivity index (χ4v) is 4.06. The average Bonchev–Trinajstić information content (AvgIpc) is 3.05. The number of aryl methyl sites for hydroxylation is 1. The lowest BCUT2D eigenvalue weighted by Crippen LogP contribution is -2.17. The van der Waals surface area contributed by atoms with Gasteiger partial charge >= 0.3 is 0 Å². The summed E-state index contributed by atoms with van der Waals surface area (Å²) in [5, 5.41) is 3.38. The van der Waals surface area contributed by atoms with Crippen LogP contribution in [0.2, 0.25) is 0 Å². The summed E-state index contributed by atoms with van der Waals surface area (Å²) in [6, 6.07) is 13.1. The van der Waals surface area contributed by atoms with Crippen LogP contribution in [-0.4, -0.2) is 35.1 Å². The molecule has 0 atom stereocenters. The zero-order valence-corrected chi connectivity index (χ0v) is 17.2. The van der Waals surface area contributed by atoms with Crippen LogP contribution in [0.4, 0.5) is 14.9 Å². The Labute approximate surface area is 170 Å². The van der Waals surface area contributed by atoms with Gasteiger partial charge in [-0.3, -0.25) is 9.59 Å². The average molecular weight is 416 g/mol. The van der Waals surface area contributed by atoms with E-state index < -0.39 is 0 Å². The Morgan fingerprint density at radius 2 is 1.79 bits per heavy atom. The summed E-state index contributed by atoms with van der Waals surface area (Å²) in [4.78, 5) is 31.8. The summed E-state index contributed by atoms with van der Waals surface area (Å²) in [7, 11) is 3.35. The van der Waals surface area contributed by atoms with Crippen molar-refractivity contribution < 1.29 is 14.0 Å². The van der Waals surface area contributed by atoms with Gasteiger partial charge in [0.15, 0.2) is 0 Å². The molecule has 0 radical (unpaired) electrons. The van der Waals surface area contributed by atoms with Crippen LogP contribution in [0.5, 0.6) is 0 Å². The first-order chi connectivity index (χ1) is 13.3. The molecule has 0 aliphatic rings. The normalized spacial score (nSPS) is 10.6. The number of hydrogen-bond acceptors (Lipinski definition) is 5. The van der Waals surface area contributed by atoms with E-state index in [1.54, 1.807) is 51.4 Å². The molecule has 0 bridgehead atoms. The van der Waals surface area contributed by atoms with E-state index in [4.69, 9.17) is 0 Å². The molecule has 3 rings (SSSR count). The number of thiazole rings is 1. The molecule has 2 aromatic carbocycles. The first-order valence-electron chi connectivity index (χ1n) is 8.38. The second-order valence-corrected chi connectivity index (χ2v) is 8.15. The Bertz CT molecular complexity index is 1020. The highest BCUT2D eigenvalue weighted by Crippen LogP contribution is 2.31. The number of halogens is 1. The van der Waals surface area contributed by atoms with Gasteiger partial charge in [0.2, 0.25) is 0 Å². The van der Waals surface area contributed by atoms with Crippen LogP contribution in [-0.2, 0) is 0 Å². The van der Waals surface area contributed by atoms with Gasteiger partial charge in [-0.25, -0.2) is 9.37 Å². The van der Waals surface area contributed by atoms with E-state index in [1.165, 1.54) is 28.4 Å². The summed E-state index contributed by atoms with van der Waals surface area (Å²) in [6.45, 7) is 1.76. The lowest BCUT2D eigenvalue weighted by molar-refractivity contribution is 0.102. The van der Waals surface area contributed by atoms with Crippen molar-refractivity contribution in [3.05, 3.63) is 64.9 Å². The zero-order chi connectivity index (χ0) is 20.3. The van der Waals surface area contributed by atoms with Crippen molar-refractivity contribution in [2.75, 3.05) is 19.4 Å². The Hall–Kier alpha value is -2.71. The number of anilines is 1. The summed E-state index contributed by atoms with van der Waals surface area (Å²) in [6.07, 6.45) is 0. The number of para-hydroxylation sites is 1. The predicted octanol–water partition coefficient (Wildman–Crippen LogP) is 5.28. The molecule has 1 N–H and O–H groups in total. The lowest BCUT2D eigenvalue weighted by atomic mass is 10.2. The lowest BCUT2D eigenvalue weighted by Gasteiger charge is -2.12. The molecule has 5 nitrogen and oxygen atoms in total. The first-order valence-corrected chi connectivity index (χ1v) is 10.0. The standard InChI is InChI=1S/C20H18FN3O2S2/c1-12-17(28-19(22-12)13-8-10-14(21)11-9-13)18(25)23-15-6-4-5-7-16(15)27-20(26)24(2)3/h4-11H,1-3H3,(H,23,25). The van der Waals surface area contributed by atoms with Crippen molar-refractivity contribution in [2.45, 2.75) is 11.8 Å². The van der Waals surface area contributed by atoms with Crippen LogP contribution in [0, 0.1) is 12.7 Å². The molecule has 0 spiro atoms. The van der Waals surface area contributed by atoms with Crippen LogP contribution in [0.3, 0.4) is 0 Å². The van der Waals surface area contributed by atoms with Gasteiger partial charge < -0.3 is 10.2 Å². The molecule has 144 valence electrons. The molecule has 1 aromatic heterocycles. The van der Waals surface area contributed by atoms with Crippen LogP contribution in [0.25, 0.3) is 10.6 Å². The van der Waals surface area contributed by atoms with E-state index >= 15 is 0 Å². The van der Waals surface area contributed by atoms with Gasteiger partial charge in [-0.2, -0.15) is 0 Å². The van der Waals surface area contributed by atoms with E-state index in [0.717, 1.165) is 17.3 Å². The highest BCUT2D eigenvalue weighted by Gasteiger charge is 2.18. The van der Waals surface area contributed by atoms with Crippen molar-refractivity contribution in [1.82, 2.24) is 9.88 Å². The monoisotopic (exact) mass is 415 g/mol.